The van der Waals surface area contributed by atoms with Crippen LogP contribution in [0.1, 0.15) is 10.4 Å². The van der Waals surface area contributed by atoms with Crippen molar-refractivity contribution in [1.82, 2.24) is 0 Å². The third-order valence-electron chi connectivity index (χ3n) is 2.68. The molecule has 2 aromatic carbocycles. The Bertz CT molecular complexity index is 755. The highest BCUT2D eigenvalue weighted by molar-refractivity contribution is 7.84. The van der Waals surface area contributed by atoms with Crippen LogP contribution in [-0.4, -0.2) is 21.4 Å². The molecule has 0 fully saturated rings. The van der Waals surface area contributed by atoms with Crippen LogP contribution in [0, 0.1) is 0 Å². The summed E-state index contributed by atoms with van der Waals surface area (Å²) < 4.78 is 31.1. The number of rotatable bonds is 5. The summed E-state index contributed by atoms with van der Waals surface area (Å²) in [5, 5.41) is 7.43. The number of hydrogen-bond donors (Lipinski definition) is 2. The Labute approximate surface area is 127 Å². The summed E-state index contributed by atoms with van der Waals surface area (Å²) in [6.45, 7) is 0. The van der Waals surface area contributed by atoms with E-state index >= 15 is 0 Å². The molecule has 0 aliphatic heterocycles. The van der Waals surface area contributed by atoms with E-state index in [0.29, 0.717) is 17.0 Å². The maximum atomic E-state index is 12.0. The lowest BCUT2D eigenvalue weighted by Gasteiger charge is -2.07. The SMILES string of the molecule is COc1ccc(C(=O)Nc2ccc(OS(N)(=O)=O)cc2)cc1. The predicted molar refractivity (Wildman–Crippen MR) is 81.1 cm³/mol. The quantitative estimate of drug-likeness (QED) is 0.868. The fourth-order valence-corrected chi connectivity index (χ4v) is 2.05. The molecular weight excluding hydrogens is 308 g/mol. The maximum Gasteiger partial charge on any atom is 0.380 e. The topological polar surface area (TPSA) is 108 Å². The van der Waals surface area contributed by atoms with Gasteiger partial charge < -0.3 is 14.2 Å². The number of methoxy groups -OCH3 is 1. The van der Waals surface area contributed by atoms with Gasteiger partial charge in [0.1, 0.15) is 11.5 Å². The first-order valence-electron chi connectivity index (χ1n) is 6.15. The van der Waals surface area contributed by atoms with Crippen molar-refractivity contribution in [3.63, 3.8) is 0 Å². The van der Waals surface area contributed by atoms with Gasteiger partial charge in [0, 0.05) is 11.3 Å². The van der Waals surface area contributed by atoms with Crippen LogP contribution >= 0.6 is 0 Å². The number of benzene rings is 2. The van der Waals surface area contributed by atoms with Gasteiger partial charge in [-0.25, -0.2) is 0 Å². The molecule has 2 aromatic rings. The standard InChI is InChI=1S/C14H14N2O5S/c1-20-12-6-2-10(3-7-12)14(17)16-11-4-8-13(9-5-11)21-22(15,18)19/h2-9H,1H3,(H,16,17)(H2,15,18,19). The Kier molecular flexibility index (Phi) is 4.64. The monoisotopic (exact) mass is 322 g/mol. The second-order valence-electron chi connectivity index (χ2n) is 4.28. The average Bonchev–Trinajstić information content (AvgIpc) is 2.48. The Morgan fingerprint density at radius 2 is 1.55 bits per heavy atom. The number of ether oxygens (including phenoxy) is 1. The first kappa shape index (κ1) is 15.8. The van der Waals surface area contributed by atoms with E-state index in [2.05, 4.69) is 9.50 Å². The molecule has 0 radical (unpaired) electrons. The number of anilines is 1. The molecule has 0 aliphatic carbocycles. The van der Waals surface area contributed by atoms with Crippen molar-refractivity contribution in [2.75, 3.05) is 12.4 Å². The average molecular weight is 322 g/mol. The molecule has 116 valence electrons. The Morgan fingerprint density at radius 3 is 2.05 bits per heavy atom. The molecular formula is C14H14N2O5S. The summed E-state index contributed by atoms with van der Waals surface area (Å²) in [6, 6.07) is 12.4. The van der Waals surface area contributed by atoms with Gasteiger partial charge in [-0.05, 0) is 48.5 Å². The minimum atomic E-state index is -4.06. The lowest BCUT2D eigenvalue weighted by Crippen LogP contribution is -2.19. The molecule has 0 atom stereocenters. The summed E-state index contributed by atoms with van der Waals surface area (Å²) in [5.41, 5.74) is 0.952. The van der Waals surface area contributed by atoms with Crippen LogP contribution in [0.2, 0.25) is 0 Å². The van der Waals surface area contributed by atoms with E-state index in [1.807, 2.05) is 0 Å². The highest BCUT2D eigenvalue weighted by atomic mass is 32.2. The van der Waals surface area contributed by atoms with Crippen LogP contribution < -0.4 is 19.4 Å². The molecule has 8 heteroatoms. The van der Waals surface area contributed by atoms with Crippen molar-refractivity contribution >= 4 is 21.9 Å². The zero-order valence-corrected chi connectivity index (χ0v) is 12.5. The zero-order chi connectivity index (χ0) is 16.2. The minimum absolute atomic E-state index is 0.0601. The number of nitrogens with two attached hydrogens (primary N) is 1. The van der Waals surface area contributed by atoms with Gasteiger partial charge in [-0.3, -0.25) is 4.79 Å². The second kappa shape index (κ2) is 6.46. The summed E-state index contributed by atoms with van der Waals surface area (Å²) in [4.78, 5) is 12.0. The molecule has 0 saturated heterocycles. The van der Waals surface area contributed by atoms with Gasteiger partial charge in [-0.2, -0.15) is 13.6 Å². The van der Waals surface area contributed by atoms with Gasteiger partial charge in [-0.1, -0.05) is 0 Å². The van der Waals surface area contributed by atoms with E-state index in [1.165, 1.54) is 24.3 Å². The van der Waals surface area contributed by atoms with Crippen LogP contribution in [0.5, 0.6) is 11.5 Å². The lowest BCUT2D eigenvalue weighted by molar-refractivity contribution is 0.102. The Balaban J connectivity index is 2.05. The van der Waals surface area contributed by atoms with Crippen LogP contribution in [0.15, 0.2) is 48.5 Å². The fourth-order valence-electron chi connectivity index (χ4n) is 1.67. The molecule has 1 amide bonds. The lowest BCUT2D eigenvalue weighted by atomic mass is 10.2. The first-order valence-corrected chi connectivity index (χ1v) is 7.62. The van der Waals surface area contributed by atoms with Gasteiger partial charge >= 0.3 is 10.3 Å². The third-order valence-corrected chi connectivity index (χ3v) is 3.10. The molecule has 0 aliphatic rings. The van der Waals surface area contributed by atoms with Crippen LogP contribution in [-0.2, 0) is 10.3 Å². The maximum absolute atomic E-state index is 12.0. The Hall–Kier alpha value is -2.58. The predicted octanol–water partition coefficient (Wildman–Crippen LogP) is 1.53. The van der Waals surface area contributed by atoms with E-state index in [-0.39, 0.29) is 11.7 Å². The largest absolute Gasteiger partial charge is 0.497 e. The summed E-state index contributed by atoms with van der Waals surface area (Å²) >= 11 is 0. The molecule has 3 N–H and O–H groups in total. The van der Waals surface area contributed by atoms with Gasteiger partial charge in [0.2, 0.25) is 0 Å². The van der Waals surface area contributed by atoms with E-state index in [1.54, 1.807) is 31.4 Å². The number of carbonyl (C=O) groups is 1. The smallest absolute Gasteiger partial charge is 0.380 e. The van der Waals surface area contributed by atoms with Crippen molar-refractivity contribution in [3.8, 4) is 11.5 Å². The first-order chi connectivity index (χ1) is 10.4. The van der Waals surface area contributed by atoms with Crippen molar-refractivity contribution < 1.29 is 22.1 Å². The number of carbonyl (C=O) groups excluding carboxylic acids is 1. The van der Waals surface area contributed by atoms with Gasteiger partial charge in [0.15, 0.2) is 0 Å². The highest BCUT2D eigenvalue weighted by Gasteiger charge is 2.08. The molecule has 0 spiro atoms. The zero-order valence-electron chi connectivity index (χ0n) is 11.6. The van der Waals surface area contributed by atoms with Gasteiger partial charge in [-0.15, -0.1) is 0 Å². The third kappa shape index (κ3) is 4.47. The Morgan fingerprint density at radius 1 is 1.00 bits per heavy atom. The minimum Gasteiger partial charge on any atom is -0.497 e. The number of nitrogens with one attached hydrogen (secondary N) is 1. The van der Waals surface area contributed by atoms with E-state index in [4.69, 9.17) is 9.88 Å². The number of hydrogen-bond acceptors (Lipinski definition) is 5. The summed E-state index contributed by atoms with van der Waals surface area (Å²) in [6.07, 6.45) is 0. The van der Waals surface area contributed by atoms with Crippen LogP contribution in [0.25, 0.3) is 0 Å². The van der Waals surface area contributed by atoms with E-state index in [9.17, 15) is 13.2 Å². The van der Waals surface area contributed by atoms with Crippen molar-refractivity contribution in [2.24, 2.45) is 5.14 Å². The summed E-state index contributed by atoms with van der Waals surface area (Å²) in [7, 11) is -2.52. The highest BCUT2D eigenvalue weighted by Crippen LogP contribution is 2.18. The molecule has 2 rings (SSSR count). The fraction of sp³-hybridized carbons (Fsp3) is 0.0714. The van der Waals surface area contributed by atoms with Crippen molar-refractivity contribution in [2.45, 2.75) is 0 Å². The van der Waals surface area contributed by atoms with Crippen molar-refractivity contribution in [3.05, 3.63) is 54.1 Å². The van der Waals surface area contributed by atoms with Crippen LogP contribution in [0.4, 0.5) is 5.69 Å². The summed E-state index contributed by atoms with van der Waals surface area (Å²) in [5.74, 6) is 0.411. The van der Waals surface area contributed by atoms with E-state index < -0.39 is 10.3 Å². The molecule has 0 bridgehead atoms. The number of amides is 1. The molecule has 0 unspecified atom stereocenters. The van der Waals surface area contributed by atoms with E-state index in [0.717, 1.165) is 0 Å². The van der Waals surface area contributed by atoms with Crippen molar-refractivity contribution in [1.29, 1.82) is 0 Å². The normalized spacial score (nSPS) is 10.8. The van der Waals surface area contributed by atoms with Gasteiger partial charge in [0.25, 0.3) is 5.91 Å². The van der Waals surface area contributed by atoms with Crippen LogP contribution in [0.3, 0.4) is 0 Å². The molecule has 0 heterocycles. The molecule has 7 nitrogen and oxygen atoms in total. The molecule has 0 aromatic heterocycles. The molecule has 0 saturated carbocycles. The molecule has 22 heavy (non-hydrogen) atoms. The van der Waals surface area contributed by atoms with Gasteiger partial charge in [0.05, 0.1) is 7.11 Å². The second-order valence-corrected chi connectivity index (χ2v) is 5.44.